The predicted molar refractivity (Wildman–Crippen MR) is 116 cm³/mol. The summed E-state index contributed by atoms with van der Waals surface area (Å²) in [6.07, 6.45) is -0.776. The van der Waals surface area contributed by atoms with E-state index in [1.165, 1.54) is 0 Å². The number of hydrogen-bond acceptors (Lipinski definition) is 4. The lowest BCUT2D eigenvalue weighted by Gasteiger charge is -2.19. The Hall–Kier alpha value is -1.89. The lowest BCUT2D eigenvalue weighted by molar-refractivity contribution is -0.151. The van der Waals surface area contributed by atoms with Crippen molar-refractivity contribution in [1.82, 2.24) is 0 Å². The van der Waals surface area contributed by atoms with Crippen molar-refractivity contribution in [2.45, 2.75) is 18.9 Å². The number of benzene rings is 2. The number of carbonyl (C=O) groups excluding carboxylic acids is 3. The SMILES string of the molecule is O=C(O[C@H](CCCl)C(=O)c1ccc(Cl)cc1)[C@H]1CC(=O)N(c2ccc(Br)cc2)C1. The Bertz CT molecular complexity index is 902. The topological polar surface area (TPSA) is 63.7 Å². The van der Waals surface area contributed by atoms with E-state index in [2.05, 4.69) is 15.9 Å². The zero-order valence-corrected chi connectivity index (χ0v) is 18.4. The van der Waals surface area contributed by atoms with Crippen molar-refractivity contribution in [3.8, 4) is 0 Å². The number of anilines is 1. The first-order valence-corrected chi connectivity index (χ1v) is 10.7. The number of alkyl halides is 1. The van der Waals surface area contributed by atoms with Gasteiger partial charge in [-0.05, 0) is 48.5 Å². The van der Waals surface area contributed by atoms with Crippen molar-refractivity contribution >= 4 is 62.5 Å². The molecule has 0 saturated carbocycles. The number of nitrogens with zero attached hydrogens (tertiary/aromatic N) is 1. The van der Waals surface area contributed by atoms with Crippen molar-refractivity contribution in [2.75, 3.05) is 17.3 Å². The van der Waals surface area contributed by atoms with Crippen LogP contribution in [0.5, 0.6) is 0 Å². The largest absolute Gasteiger partial charge is 0.454 e. The van der Waals surface area contributed by atoms with Gasteiger partial charge in [-0.15, -0.1) is 11.6 Å². The quantitative estimate of drug-likeness (QED) is 0.310. The molecule has 0 bridgehead atoms. The number of amides is 1. The number of ether oxygens (including phenoxy) is 1. The highest BCUT2D eigenvalue weighted by Crippen LogP contribution is 2.28. The molecule has 5 nitrogen and oxygen atoms in total. The van der Waals surface area contributed by atoms with Crippen LogP contribution in [0.1, 0.15) is 23.2 Å². The van der Waals surface area contributed by atoms with E-state index in [9.17, 15) is 14.4 Å². The third kappa shape index (κ3) is 5.38. The number of carbonyl (C=O) groups is 3. The molecule has 1 saturated heterocycles. The smallest absolute Gasteiger partial charge is 0.312 e. The summed E-state index contributed by atoms with van der Waals surface area (Å²) in [6, 6.07) is 13.6. The van der Waals surface area contributed by atoms with E-state index in [-0.39, 0.29) is 37.0 Å². The number of Topliss-reactive ketones (excluding diaryl/α,β-unsaturated/α-hetero) is 1. The zero-order chi connectivity index (χ0) is 21.0. The molecule has 0 N–H and O–H groups in total. The molecule has 0 spiro atoms. The Morgan fingerprint density at radius 1 is 1.14 bits per heavy atom. The zero-order valence-electron chi connectivity index (χ0n) is 15.3. The summed E-state index contributed by atoms with van der Waals surface area (Å²) in [7, 11) is 0. The van der Waals surface area contributed by atoms with E-state index in [1.54, 1.807) is 41.3 Å². The molecular weight excluding hydrogens is 481 g/mol. The first-order valence-electron chi connectivity index (χ1n) is 9.01. The van der Waals surface area contributed by atoms with Gasteiger partial charge in [0.15, 0.2) is 6.10 Å². The van der Waals surface area contributed by atoms with E-state index in [0.717, 1.165) is 4.47 Å². The second kappa shape index (κ2) is 9.74. The second-order valence-corrected chi connectivity index (χ2v) is 8.39. The fourth-order valence-corrected chi connectivity index (χ4v) is 3.70. The maximum atomic E-state index is 12.7. The average Bonchev–Trinajstić information content (AvgIpc) is 3.10. The molecule has 3 rings (SSSR count). The summed E-state index contributed by atoms with van der Waals surface area (Å²) in [5.41, 5.74) is 1.10. The van der Waals surface area contributed by atoms with E-state index in [4.69, 9.17) is 27.9 Å². The van der Waals surface area contributed by atoms with Crippen LogP contribution < -0.4 is 4.90 Å². The van der Waals surface area contributed by atoms with Gasteiger partial charge in [0.2, 0.25) is 11.7 Å². The highest BCUT2D eigenvalue weighted by atomic mass is 79.9. The number of halogens is 3. The normalized spacial score (nSPS) is 17.3. The highest BCUT2D eigenvalue weighted by Gasteiger charge is 2.38. The Morgan fingerprint density at radius 2 is 1.79 bits per heavy atom. The monoisotopic (exact) mass is 497 g/mol. The van der Waals surface area contributed by atoms with Crippen LogP contribution in [0.2, 0.25) is 5.02 Å². The van der Waals surface area contributed by atoms with Crippen LogP contribution in [0.3, 0.4) is 0 Å². The van der Waals surface area contributed by atoms with Gasteiger partial charge >= 0.3 is 5.97 Å². The Balaban J connectivity index is 1.68. The van der Waals surface area contributed by atoms with Gasteiger partial charge in [-0.3, -0.25) is 14.4 Å². The number of ketones is 1. The van der Waals surface area contributed by atoms with Crippen LogP contribution in [0.15, 0.2) is 53.0 Å². The molecule has 0 radical (unpaired) electrons. The molecule has 2 aromatic rings. The molecule has 2 atom stereocenters. The van der Waals surface area contributed by atoms with Crippen LogP contribution in [0.4, 0.5) is 5.69 Å². The summed E-state index contributed by atoms with van der Waals surface area (Å²) >= 11 is 15.0. The lowest BCUT2D eigenvalue weighted by atomic mass is 10.0. The van der Waals surface area contributed by atoms with Crippen LogP contribution in [0.25, 0.3) is 0 Å². The van der Waals surface area contributed by atoms with Crippen LogP contribution in [-0.2, 0) is 14.3 Å². The minimum absolute atomic E-state index is 0.0393. The van der Waals surface area contributed by atoms with Gasteiger partial charge in [0.1, 0.15) is 0 Å². The summed E-state index contributed by atoms with van der Waals surface area (Å²) in [4.78, 5) is 39.3. The molecule has 2 aromatic carbocycles. The van der Waals surface area contributed by atoms with E-state index >= 15 is 0 Å². The summed E-state index contributed by atoms with van der Waals surface area (Å²) < 4.78 is 6.38. The maximum absolute atomic E-state index is 12.7. The predicted octanol–water partition coefficient (Wildman–Crippen LogP) is 4.88. The summed E-state index contributed by atoms with van der Waals surface area (Å²) in [5.74, 6) is -1.55. The van der Waals surface area contributed by atoms with Crippen LogP contribution in [0, 0.1) is 5.92 Å². The van der Waals surface area contributed by atoms with E-state index < -0.39 is 18.0 Å². The Labute approximate surface area is 187 Å². The molecule has 8 heteroatoms. The van der Waals surface area contributed by atoms with Gasteiger partial charge < -0.3 is 9.64 Å². The maximum Gasteiger partial charge on any atom is 0.312 e. The molecular formula is C21H18BrCl2NO4. The minimum Gasteiger partial charge on any atom is -0.454 e. The third-order valence-electron chi connectivity index (χ3n) is 4.65. The molecule has 1 aliphatic heterocycles. The average molecular weight is 499 g/mol. The highest BCUT2D eigenvalue weighted by molar-refractivity contribution is 9.10. The van der Waals surface area contributed by atoms with Crippen LogP contribution >= 0.6 is 39.1 Å². The van der Waals surface area contributed by atoms with Gasteiger partial charge in [0.25, 0.3) is 0 Å². The molecule has 0 aliphatic carbocycles. The van der Waals surface area contributed by atoms with Gasteiger partial charge in [0.05, 0.1) is 5.92 Å². The molecule has 29 heavy (non-hydrogen) atoms. The molecule has 1 aliphatic rings. The van der Waals surface area contributed by atoms with Gasteiger partial charge in [-0.2, -0.15) is 0 Å². The Morgan fingerprint density at radius 3 is 2.41 bits per heavy atom. The van der Waals surface area contributed by atoms with E-state index in [0.29, 0.717) is 16.3 Å². The van der Waals surface area contributed by atoms with Gasteiger partial charge in [0, 0.05) is 46.0 Å². The molecule has 0 aromatic heterocycles. The molecule has 0 unspecified atom stereocenters. The van der Waals surface area contributed by atoms with Gasteiger partial charge in [-0.1, -0.05) is 27.5 Å². The fourth-order valence-electron chi connectivity index (χ4n) is 3.12. The summed E-state index contributed by atoms with van der Waals surface area (Å²) in [5, 5.41) is 0.505. The van der Waals surface area contributed by atoms with Crippen molar-refractivity contribution in [1.29, 1.82) is 0 Å². The molecule has 1 amide bonds. The fraction of sp³-hybridized carbons (Fsp3) is 0.286. The van der Waals surface area contributed by atoms with E-state index in [1.807, 2.05) is 12.1 Å². The minimum atomic E-state index is -1.00. The Kier molecular flexibility index (Phi) is 7.33. The number of hydrogen-bond donors (Lipinski definition) is 0. The first kappa shape index (κ1) is 21.8. The lowest BCUT2D eigenvalue weighted by Crippen LogP contribution is -2.32. The number of rotatable bonds is 7. The van der Waals surface area contributed by atoms with Crippen molar-refractivity contribution < 1.29 is 19.1 Å². The standard InChI is InChI=1S/C21H18BrCl2NO4/c22-15-3-7-17(8-4-15)25-12-14(11-19(25)26)21(28)29-18(9-10-23)20(27)13-1-5-16(24)6-2-13/h1-8,14,18H,9-12H2/t14-,18+/m0/s1. The molecule has 152 valence electrons. The first-order chi connectivity index (χ1) is 13.9. The molecule has 1 fully saturated rings. The number of esters is 1. The van der Waals surface area contributed by atoms with Gasteiger partial charge in [-0.25, -0.2) is 0 Å². The summed E-state index contributed by atoms with van der Waals surface area (Å²) in [6.45, 7) is 0.210. The van der Waals surface area contributed by atoms with Crippen molar-refractivity contribution in [3.05, 3.63) is 63.6 Å². The van der Waals surface area contributed by atoms with Crippen molar-refractivity contribution in [2.24, 2.45) is 5.92 Å². The third-order valence-corrected chi connectivity index (χ3v) is 5.65. The van der Waals surface area contributed by atoms with Crippen LogP contribution in [-0.4, -0.2) is 36.2 Å². The molecule has 1 heterocycles. The second-order valence-electron chi connectivity index (χ2n) is 6.66. The van der Waals surface area contributed by atoms with Crippen molar-refractivity contribution in [3.63, 3.8) is 0 Å².